The summed E-state index contributed by atoms with van der Waals surface area (Å²) < 4.78 is 17.8. The molecule has 0 fully saturated rings. The van der Waals surface area contributed by atoms with Gasteiger partial charge in [-0.05, 0) is 36.2 Å². The summed E-state index contributed by atoms with van der Waals surface area (Å²) in [6.07, 6.45) is 3.32. The van der Waals surface area contributed by atoms with Crippen LogP contribution in [0.4, 0.5) is 4.39 Å². The SMILES string of the molecule is O=C(CCc1ccco1)NCCc1ccc(F)cc1. The number of carbonyl (C=O) groups excluding carboxylic acids is 1. The van der Waals surface area contributed by atoms with Crippen molar-refractivity contribution in [3.63, 3.8) is 0 Å². The number of rotatable bonds is 6. The van der Waals surface area contributed by atoms with E-state index in [1.807, 2.05) is 12.1 Å². The number of hydrogen-bond donors (Lipinski definition) is 1. The van der Waals surface area contributed by atoms with Crippen LogP contribution >= 0.6 is 0 Å². The van der Waals surface area contributed by atoms with E-state index in [0.717, 1.165) is 11.3 Å². The van der Waals surface area contributed by atoms with Crippen LogP contribution in [-0.2, 0) is 17.6 Å². The predicted molar refractivity (Wildman–Crippen MR) is 70.1 cm³/mol. The molecule has 1 aromatic carbocycles. The smallest absolute Gasteiger partial charge is 0.220 e. The Kier molecular flexibility index (Phi) is 4.72. The van der Waals surface area contributed by atoms with Gasteiger partial charge in [0.05, 0.1) is 6.26 Å². The number of nitrogens with one attached hydrogen (secondary N) is 1. The van der Waals surface area contributed by atoms with Gasteiger partial charge >= 0.3 is 0 Å². The fraction of sp³-hybridized carbons (Fsp3) is 0.267. The molecule has 4 heteroatoms. The van der Waals surface area contributed by atoms with E-state index in [2.05, 4.69) is 5.32 Å². The number of amides is 1. The zero-order chi connectivity index (χ0) is 13.5. The topological polar surface area (TPSA) is 42.2 Å². The molecule has 100 valence electrons. The molecule has 0 aliphatic rings. The molecule has 1 aromatic heterocycles. The van der Waals surface area contributed by atoms with Crippen molar-refractivity contribution >= 4 is 5.91 Å². The molecular formula is C15H16FNO2. The first-order valence-electron chi connectivity index (χ1n) is 6.27. The Morgan fingerprint density at radius 3 is 2.63 bits per heavy atom. The molecule has 0 unspecified atom stereocenters. The van der Waals surface area contributed by atoms with Crippen LogP contribution in [0.5, 0.6) is 0 Å². The summed E-state index contributed by atoms with van der Waals surface area (Å²) in [6, 6.07) is 9.96. The average Bonchev–Trinajstić information content (AvgIpc) is 2.92. The van der Waals surface area contributed by atoms with Gasteiger partial charge in [0.1, 0.15) is 11.6 Å². The van der Waals surface area contributed by atoms with Crippen molar-refractivity contribution in [3.8, 4) is 0 Å². The first-order valence-corrected chi connectivity index (χ1v) is 6.27. The van der Waals surface area contributed by atoms with Gasteiger partial charge < -0.3 is 9.73 Å². The van der Waals surface area contributed by atoms with E-state index in [9.17, 15) is 9.18 Å². The van der Waals surface area contributed by atoms with Crippen LogP contribution in [0.2, 0.25) is 0 Å². The molecule has 1 N–H and O–H groups in total. The minimum Gasteiger partial charge on any atom is -0.469 e. The quantitative estimate of drug-likeness (QED) is 0.868. The highest BCUT2D eigenvalue weighted by molar-refractivity contribution is 5.76. The third-order valence-corrected chi connectivity index (χ3v) is 2.83. The van der Waals surface area contributed by atoms with E-state index in [1.54, 1.807) is 18.4 Å². The molecule has 0 radical (unpaired) electrons. The maximum Gasteiger partial charge on any atom is 0.220 e. The summed E-state index contributed by atoms with van der Waals surface area (Å²) in [6.45, 7) is 0.558. The molecule has 0 bridgehead atoms. The summed E-state index contributed by atoms with van der Waals surface area (Å²) in [4.78, 5) is 11.6. The largest absolute Gasteiger partial charge is 0.469 e. The molecular weight excluding hydrogens is 245 g/mol. The van der Waals surface area contributed by atoms with Crippen LogP contribution in [0, 0.1) is 5.82 Å². The van der Waals surface area contributed by atoms with Crippen LogP contribution in [0.25, 0.3) is 0 Å². The minimum absolute atomic E-state index is 0.00138. The van der Waals surface area contributed by atoms with Gasteiger partial charge in [0, 0.05) is 19.4 Å². The summed E-state index contributed by atoms with van der Waals surface area (Å²) >= 11 is 0. The van der Waals surface area contributed by atoms with Crippen molar-refractivity contribution in [3.05, 3.63) is 59.8 Å². The van der Waals surface area contributed by atoms with Crippen molar-refractivity contribution in [2.45, 2.75) is 19.3 Å². The van der Waals surface area contributed by atoms with E-state index in [-0.39, 0.29) is 11.7 Å². The van der Waals surface area contributed by atoms with E-state index >= 15 is 0 Å². The van der Waals surface area contributed by atoms with Gasteiger partial charge in [-0.15, -0.1) is 0 Å². The van der Waals surface area contributed by atoms with Gasteiger partial charge in [-0.25, -0.2) is 4.39 Å². The first kappa shape index (κ1) is 13.3. The molecule has 2 rings (SSSR count). The van der Waals surface area contributed by atoms with Crippen LogP contribution in [0.3, 0.4) is 0 Å². The highest BCUT2D eigenvalue weighted by atomic mass is 19.1. The fourth-order valence-electron chi connectivity index (χ4n) is 1.78. The average molecular weight is 261 g/mol. The normalized spacial score (nSPS) is 10.4. The number of carbonyl (C=O) groups is 1. The minimum atomic E-state index is -0.244. The van der Waals surface area contributed by atoms with E-state index in [1.165, 1.54) is 12.1 Å². The van der Waals surface area contributed by atoms with Gasteiger partial charge in [-0.1, -0.05) is 12.1 Å². The number of aryl methyl sites for hydroxylation is 1. The summed E-state index contributed by atoms with van der Waals surface area (Å²) in [5.74, 6) is 0.568. The Morgan fingerprint density at radius 1 is 1.16 bits per heavy atom. The summed E-state index contributed by atoms with van der Waals surface area (Å²) in [5, 5.41) is 2.83. The lowest BCUT2D eigenvalue weighted by Gasteiger charge is -2.04. The standard InChI is InChI=1S/C15H16FNO2/c16-13-5-3-12(4-6-13)9-10-17-15(18)8-7-14-2-1-11-19-14/h1-6,11H,7-10H2,(H,17,18). The zero-order valence-corrected chi connectivity index (χ0v) is 10.6. The molecule has 0 aliphatic carbocycles. The Bertz CT molecular complexity index is 505. The molecule has 0 saturated heterocycles. The van der Waals surface area contributed by atoms with Crippen molar-refractivity contribution < 1.29 is 13.6 Å². The molecule has 0 aliphatic heterocycles. The Balaban J connectivity index is 1.65. The zero-order valence-electron chi connectivity index (χ0n) is 10.6. The van der Waals surface area contributed by atoms with Crippen molar-refractivity contribution in [1.82, 2.24) is 5.32 Å². The molecule has 19 heavy (non-hydrogen) atoms. The third kappa shape index (κ3) is 4.58. The molecule has 1 heterocycles. The lowest BCUT2D eigenvalue weighted by molar-refractivity contribution is -0.121. The van der Waals surface area contributed by atoms with Crippen molar-refractivity contribution in [2.24, 2.45) is 0 Å². The first-order chi connectivity index (χ1) is 9.24. The summed E-state index contributed by atoms with van der Waals surface area (Å²) in [7, 11) is 0. The molecule has 0 spiro atoms. The van der Waals surface area contributed by atoms with Gasteiger partial charge in [-0.2, -0.15) is 0 Å². The van der Waals surface area contributed by atoms with Gasteiger partial charge in [-0.3, -0.25) is 4.79 Å². The Labute approximate surface area is 111 Å². The van der Waals surface area contributed by atoms with Gasteiger partial charge in [0.2, 0.25) is 5.91 Å². The third-order valence-electron chi connectivity index (χ3n) is 2.83. The van der Waals surface area contributed by atoms with Crippen molar-refractivity contribution in [2.75, 3.05) is 6.54 Å². The second-order valence-corrected chi connectivity index (χ2v) is 4.31. The Morgan fingerprint density at radius 2 is 1.95 bits per heavy atom. The number of halogens is 1. The molecule has 2 aromatic rings. The van der Waals surface area contributed by atoms with Crippen molar-refractivity contribution in [1.29, 1.82) is 0 Å². The lowest BCUT2D eigenvalue weighted by Crippen LogP contribution is -2.25. The van der Waals surface area contributed by atoms with E-state index < -0.39 is 0 Å². The fourth-order valence-corrected chi connectivity index (χ4v) is 1.78. The maximum absolute atomic E-state index is 12.7. The van der Waals surface area contributed by atoms with Crippen LogP contribution in [0.1, 0.15) is 17.7 Å². The van der Waals surface area contributed by atoms with Crippen LogP contribution < -0.4 is 5.32 Å². The van der Waals surface area contributed by atoms with Crippen LogP contribution in [-0.4, -0.2) is 12.5 Å². The second kappa shape index (κ2) is 6.73. The van der Waals surface area contributed by atoms with E-state index in [4.69, 9.17) is 4.42 Å². The molecule has 3 nitrogen and oxygen atoms in total. The molecule has 0 saturated carbocycles. The highest BCUT2D eigenvalue weighted by Gasteiger charge is 2.03. The monoisotopic (exact) mass is 261 g/mol. The van der Waals surface area contributed by atoms with Gasteiger partial charge in [0.25, 0.3) is 0 Å². The molecule has 1 amide bonds. The van der Waals surface area contributed by atoms with Gasteiger partial charge in [0.15, 0.2) is 0 Å². The van der Waals surface area contributed by atoms with E-state index in [0.29, 0.717) is 25.8 Å². The molecule has 0 atom stereocenters. The lowest BCUT2D eigenvalue weighted by atomic mass is 10.1. The van der Waals surface area contributed by atoms with Crippen LogP contribution in [0.15, 0.2) is 47.1 Å². The predicted octanol–water partition coefficient (Wildman–Crippen LogP) is 2.71. The number of benzene rings is 1. The number of hydrogen-bond acceptors (Lipinski definition) is 2. The Hall–Kier alpha value is -2.10. The second-order valence-electron chi connectivity index (χ2n) is 4.31. The highest BCUT2D eigenvalue weighted by Crippen LogP contribution is 2.04. The summed E-state index contributed by atoms with van der Waals surface area (Å²) in [5.41, 5.74) is 1.01. The number of furan rings is 1. The maximum atomic E-state index is 12.7.